The van der Waals surface area contributed by atoms with E-state index in [1.165, 1.54) is 0 Å². The number of carbonyl (C=O) groups excluding carboxylic acids is 1. The number of hydrogen-bond donors (Lipinski definition) is 1. The minimum absolute atomic E-state index is 0.00313. The number of hydrogen-bond acceptors (Lipinski definition) is 2. The van der Waals surface area contributed by atoms with E-state index in [9.17, 15) is 4.79 Å². The molecule has 0 heterocycles. The monoisotopic (exact) mass is 285 g/mol. The van der Waals surface area contributed by atoms with Gasteiger partial charge in [-0.1, -0.05) is 49.4 Å². The molecule has 1 N–H and O–H groups in total. The molecule has 2 rings (SSSR count). The lowest BCUT2D eigenvalue weighted by Gasteiger charge is -2.15. The minimum atomic E-state index is -0.0158. The molecule has 0 saturated heterocycles. The van der Waals surface area contributed by atoms with Gasteiger partial charge in [0.2, 0.25) is 0 Å². The molecule has 0 aliphatic heterocycles. The fraction of sp³-hybridized carbons (Fsp3) is 0.235. The number of rotatable bonds is 5. The van der Waals surface area contributed by atoms with Crippen molar-refractivity contribution < 1.29 is 4.79 Å². The molecule has 2 aromatic rings. The Labute approximate surface area is 124 Å². The van der Waals surface area contributed by atoms with Crippen molar-refractivity contribution in [2.75, 3.05) is 5.75 Å². The molecule has 2 nitrogen and oxygen atoms in total. The molecule has 0 bridgehead atoms. The van der Waals surface area contributed by atoms with Gasteiger partial charge >= 0.3 is 0 Å². The van der Waals surface area contributed by atoms with E-state index >= 15 is 0 Å². The topological polar surface area (TPSA) is 29.1 Å². The highest BCUT2D eigenvalue weighted by Crippen LogP contribution is 2.23. The van der Waals surface area contributed by atoms with Gasteiger partial charge in [-0.15, -0.1) is 11.8 Å². The van der Waals surface area contributed by atoms with Crippen LogP contribution in [0.15, 0.2) is 59.5 Å². The van der Waals surface area contributed by atoms with E-state index < -0.39 is 0 Å². The van der Waals surface area contributed by atoms with Crippen LogP contribution in [0, 0.1) is 0 Å². The normalized spacial score (nSPS) is 11.9. The van der Waals surface area contributed by atoms with Gasteiger partial charge in [-0.2, -0.15) is 0 Å². The Morgan fingerprint density at radius 2 is 1.75 bits per heavy atom. The van der Waals surface area contributed by atoms with Crippen molar-refractivity contribution in [3.8, 4) is 0 Å². The number of amides is 1. The Balaban J connectivity index is 2.12. The highest BCUT2D eigenvalue weighted by molar-refractivity contribution is 7.99. The summed E-state index contributed by atoms with van der Waals surface area (Å²) < 4.78 is 0. The van der Waals surface area contributed by atoms with Gasteiger partial charge in [-0.05, 0) is 30.4 Å². The van der Waals surface area contributed by atoms with Crippen LogP contribution in [0.3, 0.4) is 0 Å². The summed E-state index contributed by atoms with van der Waals surface area (Å²) in [5.74, 6) is 0.941. The van der Waals surface area contributed by atoms with E-state index in [1.807, 2.05) is 61.5 Å². The lowest BCUT2D eigenvalue weighted by Crippen LogP contribution is -2.27. The molecule has 0 aromatic heterocycles. The van der Waals surface area contributed by atoms with Crippen LogP contribution in [0.4, 0.5) is 0 Å². The zero-order valence-corrected chi connectivity index (χ0v) is 12.6. The number of benzene rings is 2. The molecular formula is C17H19NOS. The largest absolute Gasteiger partial charge is 0.345 e. The van der Waals surface area contributed by atoms with Crippen LogP contribution in [-0.4, -0.2) is 11.7 Å². The summed E-state index contributed by atoms with van der Waals surface area (Å²) in [7, 11) is 0. The first kappa shape index (κ1) is 14.7. The lowest BCUT2D eigenvalue weighted by atomic mass is 10.1. The van der Waals surface area contributed by atoms with Crippen molar-refractivity contribution in [1.82, 2.24) is 5.32 Å². The summed E-state index contributed by atoms with van der Waals surface area (Å²) in [5.41, 5.74) is 1.86. The summed E-state index contributed by atoms with van der Waals surface area (Å²) in [6.07, 6.45) is 0. The molecule has 0 saturated carbocycles. The summed E-state index contributed by atoms with van der Waals surface area (Å²) >= 11 is 1.69. The maximum atomic E-state index is 12.4. The van der Waals surface area contributed by atoms with Crippen LogP contribution in [0.25, 0.3) is 0 Å². The highest BCUT2D eigenvalue weighted by Gasteiger charge is 2.14. The van der Waals surface area contributed by atoms with Crippen LogP contribution in [0.1, 0.15) is 35.8 Å². The average Bonchev–Trinajstić information content (AvgIpc) is 2.49. The van der Waals surface area contributed by atoms with Gasteiger partial charge in [-0.25, -0.2) is 0 Å². The van der Waals surface area contributed by atoms with Crippen LogP contribution < -0.4 is 5.32 Å². The van der Waals surface area contributed by atoms with Crippen molar-refractivity contribution in [3.63, 3.8) is 0 Å². The van der Waals surface area contributed by atoms with Crippen molar-refractivity contribution in [1.29, 1.82) is 0 Å². The Kier molecular flexibility index (Phi) is 5.24. The first-order chi connectivity index (χ1) is 9.72. The molecule has 0 radical (unpaired) electrons. The highest BCUT2D eigenvalue weighted by atomic mass is 32.2. The van der Waals surface area contributed by atoms with Gasteiger partial charge in [0.25, 0.3) is 5.91 Å². The summed E-state index contributed by atoms with van der Waals surface area (Å²) in [4.78, 5) is 13.4. The van der Waals surface area contributed by atoms with Crippen LogP contribution in [0.5, 0.6) is 0 Å². The third kappa shape index (κ3) is 3.64. The molecule has 0 aliphatic rings. The van der Waals surface area contributed by atoms with Crippen LogP contribution >= 0.6 is 11.8 Å². The number of nitrogens with one attached hydrogen (secondary N) is 1. The van der Waals surface area contributed by atoms with E-state index in [2.05, 4.69) is 12.2 Å². The molecule has 2 aromatic carbocycles. The zero-order chi connectivity index (χ0) is 14.4. The van der Waals surface area contributed by atoms with Crippen molar-refractivity contribution in [2.45, 2.75) is 24.8 Å². The third-order valence-electron chi connectivity index (χ3n) is 3.08. The first-order valence-electron chi connectivity index (χ1n) is 6.80. The van der Waals surface area contributed by atoms with Crippen molar-refractivity contribution in [3.05, 3.63) is 65.7 Å². The molecular weight excluding hydrogens is 266 g/mol. The van der Waals surface area contributed by atoms with E-state index in [1.54, 1.807) is 11.8 Å². The molecule has 20 heavy (non-hydrogen) atoms. The lowest BCUT2D eigenvalue weighted by molar-refractivity contribution is 0.0937. The van der Waals surface area contributed by atoms with E-state index in [0.717, 1.165) is 21.8 Å². The Bertz CT molecular complexity index is 568. The maximum Gasteiger partial charge on any atom is 0.252 e. The third-order valence-corrected chi connectivity index (χ3v) is 4.03. The molecule has 0 spiro atoms. The van der Waals surface area contributed by atoms with E-state index in [4.69, 9.17) is 0 Å². The Morgan fingerprint density at radius 1 is 1.10 bits per heavy atom. The molecule has 1 atom stereocenters. The Morgan fingerprint density at radius 3 is 2.45 bits per heavy atom. The fourth-order valence-electron chi connectivity index (χ4n) is 2.04. The molecule has 104 valence electrons. The van der Waals surface area contributed by atoms with Gasteiger partial charge in [0.05, 0.1) is 11.6 Å². The standard InChI is InChI=1S/C17H19NOS/c1-3-20-16-12-8-7-11-15(16)17(19)18-13(2)14-9-5-4-6-10-14/h4-13H,3H2,1-2H3,(H,18,19)/t13-/m1/s1. The molecule has 0 unspecified atom stereocenters. The average molecular weight is 285 g/mol. The van der Waals surface area contributed by atoms with Gasteiger partial charge < -0.3 is 5.32 Å². The summed E-state index contributed by atoms with van der Waals surface area (Å²) in [6.45, 7) is 4.09. The second-order valence-electron chi connectivity index (χ2n) is 4.54. The Hall–Kier alpha value is -1.74. The summed E-state index contributed by atoms with van der Waals surface area (Å²) in [6, 6.07) is 17.7. The second-order valence-corrected chi connectivity index (χ2v) is 5.84. The van der Waals surface area contributed by atoms with Crippen LogP contribution in [0.2, 0.25) is 0 Å². The van der Waals surface area contributed by atoms with Crippen molar-refractivity contribution >= 4 is 17.7 Å². The zero-order valence-electron chi connectivity index (χ0n) is 11.8. The fourth-order valence-corrected chi connectivity index (χ4v) is 2.84. The van der Waals surface area contributed by atoms with Gasteiger partial charge in [0.1, 0.15) is 0 Å². The SMILES string of the molecule is CCSc1ccccc1C(=O)N[C@H](C)c1ccccc1. The maximum absolute atomic E-state index is 12.4. The first-order valence-corrected chi connectivity index (χ1v) is 7.78. The van der Waals surface area contributed by atoms with Gasteiger partial charge in [0.15, 0.2) is 0 Å². The predicted octanol–water partition coefficient (Wildman–Crippen LogP) is 4.29. The van der Waals surface area contributed by atoms with E-state index in [0.29, 0.717) is 0 Å². The predicted molar refractivity (Wildman–Crippen MR) is 85.2 cm³/mol. The number of carbonyl (C=O) groups is 1. The van der Waals surface area contributed by atoms with Gasteiger partial charge in [-0.3, -0.25) is 4.79 Å². The smallest absolute Gasteiger partial charge is 0.252 e. The van der Waals surface area contributed by atoms with Gasteiger partial charge in [0, 0.05) is 4.90 Å². The molecule has 0 fully saturated rings. The van der Waals surface area contributed by atoms with Crippen molar-refractivity contribution in [2.24, 2.45) is 0 Å². The second kappa shape index (κ2) is 7.15. The quantitative estimate of drug-likeness (QED) is 0.830. The summed E-state index contributed by atoms with van der Waals surface area (Å²) in [5, 5.41) is 3.06. The van der Waals surface area contributed by atoms with Crippen LogP contribution in [-0.2, 0) is 0 Å². The number of thioether (sulfide) groups is 1. The molecule has 0 aliphatic carbocycles. The molecule has 3 heteroatoms. The molecule has 1 amide bonds. The van der Waals surface area contributed by atoms with E-state index in [-0.39, 0.29) is 11.9 Å². The minimum Gasteiger partial charge on any atom is -0.345 e.